The number of para-hydroxylation sites is 1. The number of benzene rings is 2. The maximum Gasteiger partial charge on any atom is 0.248 e. The van der Waals surface area contributed by atoms with Crippen LogP contribution in [-0.4, -0.2) is 15.9 Å². The molecule has 1 amide bonds. The predicted octanol–water partition coefficient (Wildman–Crippen LogP) is 4.80. The summed E-state index contributed by atoms with van der Waals surface area (Å²) in [7, 11) is 0. The van der Waals surface area contributed by atoms with Gasteiger partial charge in [-0.15, -0.1) is 11.3 Å². The number of rotatable bonds is 3. The quantitative estimate of drug-likeness (QED) is 0.542. The molecule has 0 spiro atoms. The number of hydrogen-bond acceptors (Lipinski definition) is 4. The Bertz CT molecular complexity index is 1110. The Hall–Kier alpha value is -3.05. The summed E-state index contributed by atoms with van der Waals surface area (Å²) in [4.78, 5) is 21.0. The van der Waals surface area contributed by atoms with Gasteiger partial charge in [-0.05, 0) is 37.3 Å². The highest BCUT2D eigenvalue weighted by atomic mass is 32.1. The summed E-state index contributed by atoms with van der Waals surface area (Å²) in [6.45, 7) is 1.98. The van der Waals surface area contributed by atoms with Gasteiger partial charge < -0.3 is 5.32 Å². The Labute approximate surface area is 148 Å². The Morgan fingerprint density at radius 3 is 2.96 bits per heavy atom. The van der Waals surface area contributed by atoms with Crippen LogP contribution in [0.25, 0.3) is 27.2 Å². The molecule has 4 rings (SSSR count). The first-order chi connectivity index (χ1) is 12.2. The zero-order valence-electron chi connectivity index (χ0n) is 13.6. The van der Waals surface area contributed by atoms with Crippen molar-refractivity contribution in [3.05, 3.63) is 71.4 Å². The van der Waals surface area contributed by atoms with Crippen molar-refractivity contribution >= 4 is 50.1 Å². The molecule has 0 radical (unpaired) electrons. The molecule has 1 N–H and O–H groups in total. The monoisotopic (exact) mass is 345 g/mol. The number of aromatic nitrogens is 2. The number of aryl methyl sites for hydroxylation is 1. The normalized spacial score (nSPS) is 11.4. The van der Waals surface area contributed by atoms with Crippen molar-refractivity contribution in [2.24, 2.45) is 0 Å². The molecular weight excluding hydrogens is 330 g/mol. The number of anilines is 1. The first kappa shape index (κ1) is 15.5. The van der Waals surface area contributed by atoms with Crippen molar-refractivity contribution in [2.75, 3.05) is 5.32 Å². The van der Waals surface area contributed by atoms with E-state index >= 15 is 0 Å². The SMILES string of the molecule is Cc1nc2ccc(NC(=O)/C=C/c3cccc4cccnc34)cc2s1. The molecule has 4 aromatic rings. The number of nitrogens with zero attached hydrogens (tertiary/aromatic N) is 2. The molecule has 25 heavy (non-hydrogen) atoms. The molecule has 0 bridgehead atoms. The first-order valence-electron chi connectivity index (χ1n) is 7.89. The van der Waals surface area contributed by atoms with Crippen molar-refractivity contribution in [1.29, 1.82) is 0 Å². The fraction of sp³-hybridized carbons (Fsp3) is 0.0500. The largest absolute Gasteiger partial charge is 0.322 e. The van der Waals surface area contributed by atoms with Crippen LogP contribution in [0.3, 0.4) is 0 Å². The number of thiazole rings is 1. The van der Waals surface area contributed by atoms with Crippen LogP contribution in [0.5, 0.6) is 0 Å². The molecular formula is C20H15N3OS. The number of hydrogen-bond donors (Lipinski definition) is 1. The third kappa shape index (κ3) is 3.27. The summed E-state index contributed by atoms with van der Waals surface area (Å²) in [5.41, 5.74) is 3.53. The molecule has 0 aliphatic heterocycles. The summed E-state index contributed by atoms with van der Waals surface area (Å²) in [5, 5.41) is 4.96. The van der Waals surface area contributed by atoms with E-state index in [1.165, 1.54) is 6.08 Å². The molecule has 5 heteroatoms. The average molecular weight is 345 g/mol. The minimum absolute atomic E-state index is 0.173. The molecule has 4 nitrogen and oxygen atoms in total. The number of nitrogens with one attached hydrogen (secondary N) is 1. The molecule has 0 unspecified atom stereocenters. The van der Waals surface area contributed by atoms with Crippen molar-refractivity contribution in [1.82, 2.24) is 9.97 Å². The summed E-state index contributed by atoms with van der Waals surface area (Å²) in [5.74, 6) is -0.173. The third-order valence-electron chi connectivity index (χ3n) is 3.84. The van der Waals surface area contributed by atoms with Crippen LogP contribution in [-0.2, 0) is 4.79 Å². The van der Waals surface area contributed by atoms with Gasteiger partial charge in [0.1, 0.15) is 0 Å². The molecule has 0 fully saturated rings. The van der Waals surface area contributed by atoms with E-state index in [2.05, 4.69) is 15.3 Å². The number of fused-ring (bicyclic) bond motifs is 2. The molecule has 0 saturated carbocycles. The van der Waals surface area contributed by atoms with E-state index in [1.54, 1.807) is 23.6 Å². The van der Waals surface area contributed by atoms with Crippen LogP contribution in [0.2, 0.25) is 0 Å². The zero-order valence-corrected chi connectivity index (χ0v) is 14.4. The highest BCUT2D eigenvalue weighted by Crippen LogP contribution is 2.24. The van der Waals surface area contributed by atoms with Gasteiger partial charge in [-0.3, -0.25) is 9.78 Å². The topological polar surface area (TPSA) is 54.9 Å². The molecule has 2 aromatic carbocycles. The molecule has 122 valence electrons. The number of amides is 1. The fourth-order valence-electron chi connectivity index (χ4n) is 2.73. The van der Waals surface area contributed by atoms with Gasteiger partial charge in [0, 0.05) is 28.9 Å². The van der Waals surface area contributed by atoms with Gasteiger partial charge >= 0.3 is 0 Å². The van der Waals surface area contributed by atoms with Crippen molar-refractivity contribution in [2.45, 2.75) is 6.92 Å². The molecule has 2 aromatic heterocycles. The van der Waals surface area contributed by atoms with Crippen LogP contribution in [0.15, 0.2) is 60.8 Å². The van der Waals surface area contributed by atoms with Gasteiger partial charge in [0.05, 0.1) is 20.7 Å². The number of pyridine rings is 1. The average Bonchev–Trinajstić information content (AvgIpc) is 2.99. The van der Waals surface area contributed by atoms with Gasteiger partial charge in [0.15, 0.2) is 0 Å². The molecule has 0 aliphatic rings. The molecule has 0 saturated heterocycles. The summed E-state index contributed by atoms with van der Waals surface area (Å²) < 4.78 is 1.07. The van der Waals surface area contributed by atoms with Gasteiger partial charge in [0.25, 0.3) is 0 Å². The molecule has 0 aliphatic carbocycles. The van der Waals surface area contributed by atoms with E-state index in [1.807, 2.05) is 55.5 Å². The Morgan fingerprint density at radius 2 is 2.04 bits per heavy atom. The lowest BCUT2D eigenvalue weighted by Gasteiger charge is -2.03. The fourth-order valence-corrected chi connectivity index (χ4v) is 3.60. The summed E-state index contributed by atoms with van der Waals surface area (Å²) >= 11 is 1.62. The molecule has 2 heterocycles. The minimum Gasteiger partial charge on any atom is -0.322 e. The van der Waals surface area contributed by atoms with Gasteiger partial charge in [-0.2, -0.15) is 0 Å². The number of carbonyl (C=O) groups excluding carboxylic acids is 1. The van der Waals surface area contributed by atoms with Gasteiger partial charge in [-0.1, -0.05) is 24.3 Å². The second-order valence-electron chi connectivity index (χ2n) is 5.66. The summed E-state index contributed by atoms with van der Waals surface area (Å²) in [6.07, 6.45) is 5.08. The minimum atomic E-state index is -0.173. The van der Waals surface area contributed by atoms with E-state index < -0.39 is 0 Å². The lowest BCUT2D eigenvalue weighted by molar-refractivity contribution is -0.111. The van der Waals surface area contributed by atoms with Crippen molar-refractivity contribution in [3.63, 3.8) is 0 Å². The summed E-state index contributed by atoms with van der Waals surface area (Å²) in [6, 6.07) is 15.6. The van der Waals surface area contributed by atoms with Crippen molar-refractivity contribution in [3.8, 4) is 0 Å². The maximum atomic E-state index is 12.2. The highest BCUT2D eigenvalue weighted by Gasteiger charge is 2.04. The number of carbonyl (C=O) groups is 1. The first-order valence-corrected chi connectivity index (χ1v) is 8.71. The van der Waals surface area contributed by atoms with E-state index in [-0.39, 0.29) is 5.91 Å². The second-order valence-corrected chi connectivity index (χ2v) is 6.90. The second kappa shape index (κ2) is 6.45. The standard InChI is InChI=1S/C20H15N3OS/c1-13-22-17-9-8-16(12-18(17)25-13)23-19(24)10-7-15-5-2-4-14-6-3-11-21-20(14)15/h2-12H,1H3,(H,23,24)/b10-7+. The Morgan fingerprint density at radius 1 is 1.16 bits per heavy atom. The smallest absolute Gasteiger partial charge is 0.248 e. The van der Waals surface area contributed by atoms with Crippen LogP contribution in [0, 0.1) is 6.92 Å². The zero-order chi connectivity index (χ0) is 17.2. The lowest BCUT2D eigenvalue weighted by Crippen LogP contribution is -2.07. The van der Waals surface area contributed by atoms with E-state index in [0.29, 0.717) is 0 Å². The van der Waals surface area contributed by atoms with Crippen LogP contribution in [0.1, 0.15) is 10.6 Å². The Balaban J connectivity index is 1.55. The van der Waals surface area contributed by atoms with Crippen LogP contribution < -0.4 is 5.32 Å². The van der Waals surface area contributed by atoms with E-state index in [9.17, 15) is 4.79 Å². The van der Waals surface area contributed by atoms with E-state index in [0.717, 1.165) is 37.4 Å². The lowest BCUT2D eigenvalue weighted by atomic mass is 10.1. The molecule has 0 atom stereocenters. The predicted molar refractivity (Wildman–Crippen MR) is 104 cm³/mol. The van der Waals surface area contributed by atoms with Gasteiger partial charge in [-0.25, -0.2) is 4.98 Å². The Kier molecular flexibility index (Phi) is 3.99. The van der Waals surface area contributed by atoms with Gasteiger partial charge in [0.2, 0.25) is 5.91 Å². The third-order valence-corrected chi connectivity index (χ3v) is 4.77. The maximum absolute atomic E-state index is 12.2. The van der Waals surface area contributed by atoms with Crippen molar-refractivity contribution < 1.29 is 4.79 Å². The van der Waals surface area contributed by atoms with Crippen LogP contribution in [0.4, 0.5) is 5.69 Å². The van der Waals surface area contributed by atoms with E-state index in [4.69, 9.17) is 0 Å². The van der Waals surface area contributed by atoms with Crippen LogP contribution >= 0.6 is 11.3 Å². The highest BCUT2D eigenvalue weighted by molar-refractivity contribution is 7.18.